The number of aromatic nitrogens is 1. The van der Waals surface area contributed by atoms with Gasteiger partial charge in [-0.3, -0.25) is 9.79 Å². The molecule has 0 bridgehead atoms. The maximum atomic E-state index is 12.1. The van der Waals surface area contributed by atoms with Gasteiger partial charge in [-0.15, -0.1) is 11.3 Å². The molecule has 1 aromatic heterocycles. The molecule has 0 atom stereocenters. The quantitative estimate of drug-likeness (QED) is 0.336. The van der Waals surface area contributed by atoms with E-state index in [1.165, 1.54) is 4.88 Å². The van der Waals surface area contributed by atoms with Crippen LogP contribution in [0.2, 0.25) is 0 Å². The van der Waals surface area contributed by atoms with E-state index in [9.17, 15) is 4.79 Å². The number of nitrogens with zero attached hydrogens (tertiary/aromatic N) is 2. The zero-order valence-electron chi connectivity index (χ0n) is 15.0. The van der Waals surface area contributed by atoms with Crippen molar-refractivity contribution in [3.05, 3.63) is 50.4 Å². The zero-order valence-corrected chi connectivity index (χ0v) is 17.4. The maximum Gasteiger partial charge on any atom is 0.251 e. The van der Waals surface area contributed by atoms with Crippen LogP contribution in [0.1, 0.15) is 27.2 Å². The van der Waals surface area contributed by atoms with Gasteiger partial charge in [0, 0.05) is 54.2 Å². The number of carbonyl (C=O) groups excluding carboxylic acids is 1. The Kier molecular flexibility index (Phi) is 8.57. The van der Waals surface area contributed by atoms with Gasteiger partial charge in [-0.25, -0.2) is 4.98 Å². The molecule has 0 saturated heterocycles. The second-order valence-electron chi connectivity index (χ2n) is 5.52. The van der Waals surface area contributed by atoms with Gasteiger partial charge >= 0.3 is 0 Å². The van der Waals surface area contributed by atoms with Crippen molar-refractivity contribution in [2.45, 2.75) is 19.8 Å². The number of halogens is 1. The lowest BCUT2D eigenvalue weighted by Crippen LogP contribution is -2.42. The molecule has 0 fully saturated rings. The lowest BCUT2D eigenvalue weighted by atomic mass is 10.2. The van der Waals surface area contributed by atoms with Crippen LogP contribution >= 0.6 is 27.3 Å². The molecule has 1 amide bonds. The number of guanidine groups is 1. The van der Waals surface area contributed by atoms with E-state index in [0.717, 1.165) is 28.9 Å². The van der Waals surface area contributed by atoms with Crippen LogP contribution in [0.3, 0.4) is 0 Å². The fourth-order valence-electron chi connectivity index (χ4n) is 2.22. The molecular formula is C18H24BrN5OS. The third-order valence-corrected chi connectivity index (χ3v) is 5.29. The maximum absolute atomic E-state index is 12.1. The van der Waals surface area contributed by atoms with E-state index in [4.69, 9.17) is 0 Å². The van der Waals surface area contributed by atoms with Gasteiger partial charge in [-0.1, -0.05) is 28.9 Å². The van der Waals surface area contributed by atoms with Crippen LogP contribution in [0.25, 0.3) is 0 Å². The molecule has 0 aliphatic carbocycles. The number of aryl methyl sites for hydroxylation is 1. The molecule has 0 radical (unpaired) electrons. The molecule has 8 heteroatoms. The van der Waals surface area contributed by atoms with Crippen molar-refractivity contribution in [3.8, 4) is 0 Å². The van der Waals surface area contributed by atoms with E-state index in [2.05, 4.69) is 48.8 Å². The second-order valence-corrected chi connectivity index (χ2v) is 7.63. The van der Waals surface area contributed by atoms with Crippen molar-refractivity contribution < 1.29 is 4.79 Å². The average Bonchev–Trinajstić information content (AvgIpc) is 3.11. The smallest absolute Gasteiger partial charge is 0.251 e. The second kappa shape index (κ2) is 10.9. The van der Waals surface area contributed by atoms with E-state index in [1.807, 2.05) is 18.3 Å². The number of hydrogen-bond acceptors (Lipinski definition) is 4. The van der Waals surface area contributed by atoms with Crippen molar-refractivity contribution >= 4 is 39.1 Å². The van der Waals surface area contributed by atoms with Gasteiger partial charge in [0.2, 0.25) is 0 Å². The van der Waals surface area contributed by atoms with Gasteiger partial charge in [0.05, 0.1) is 5.01 Å². The number of rotatable bonds is 8. The number of nitrogens with one attached hydrogen (secondary N) is 3. The molecule has 0 spiro atoms. The number of thiazole rings is 1. The molecule has 2 aromatic rings. The van der Waals surface area contributed by atoms with Crippen molar-refractivity contribution in [3.63, 3.8) is 0 Å². The minimum Gasteiger partial charge on any atom is -0.356 e. The first-order valence-corrected chi connectivity index (χ1v) is 10.1. The molecule has 140 valence electrons. The van der Waals surface area contributed by atoms with Crippen LogP contribution < -0.4 is 16.0 Å². The zero-order chi connectivity index (χ0) is 18.8. The Balaban J connectivity index is 1.64. The summed E-state index contributed by atoms with van der Waals surface area (Å²) >= 11 is 5.12. The Bertz CT molecular complexity index is 747. The predicted octanol–water partition coefficient (Wildman–Crippen LogP) is 2.61. The molecule has 0 unspecified atom stereocenters. The van der Waals surface area contributed by atoms with E-state index in [1.54, 1.807) is 30.5 Å². The predicted molar refractivity (Wildman–Crippen MR) is 111 cm³/mol. The molecule has 1 aromatic carbocycles. The number of aliphatic imine (C=N–C) groups is 1. The lowest BCUT2D eigenvalue weighted by molar-refractivity contribution is 0.0954. The summed E-state index contributed by atoms with van der Waals surface area (Å²) in [7, 11) is 1.73. The molecule has 2 rings (SSSR count). The van der Waals surface area contributed by atoms with E-state index in [0.29, 0.717) is 24.6 Å². The van der Waals surface area contributed by atoms with Crippen LogP contribution in [0, 0.1) is 0 Å². The van der Waals surface area contributed by atoms with Crippen molar-refractivity contribution in [2.24, 2.45) is 4.99 Å². The first kappa shape index (κ1) is 20.4. The minimum atomic E-state index is -0.0912. The van der Waals surface area contributed by atoms with Gasteiger partial charge in [0.1, 0.15) is 0 Å². The van der Waals surface area contributed by atoms with Gasteiger partial charge in [0.15, 0.2) is 5.96 Å². The van der Waals surface area contributed by atoms with Gasteiger partial charge in [0.25, 0.3) is 5.91 Å². The number of carbonyl (C=O) groups is 1. The van der Waals surface area contributed by atoms with Crippen LogP contribution in [-0.2, 0) is 12.8 Å². The summed E-state index contributed by atoms with van der Waals surface area (Å²) in [6, 6.07) is 7.32. The molecule has 1 heterocycles. The lowest BCUT2D eigenvalue weighted by Gasteiger charge is -2.12. The Morgan fingerprint density at radius 1 is 1.23 bits per heavy atom. The number of hydrogen-bond donors (Lipinski definition) is 3. The molecule has 3 N–H and O–H groups in total. The van der Waals surface area contributed by atoms with Crippen molar-refractivity contribution in [2.75, 3.05) is 26.7 Å². The van der Waals surface area contributed by atoms with Crippen LogP contribution in [0.5, 0.6) is 0 Å². The van der Waals surface area contributed by atoms with E-state index >= 15 is 0 Å². The molecule has 6 nitrogen and oxygen atoms in total. The highest BCUT2D eigenvalue weighted by Gasteiger charge is 2.05. The standard InChI is InChI=1S/C18H24BrN5OS/c1-3-15-12-24-16(26-15)7-8-22-18(20-2)23-10-9-21-17(25)13-5-4-6-14(19)11-13/h4-6,11-12H,3,7-10H2,1-2H3,(H,21,25)(H2,20,22,23). The van der Waals surface area contributed by atoms with Crippen LogP contribution in [0.15, 0.2) is 39.9 Å². The fourth-order valence-corrected chi connectivity index (χ4v) is 3.49. The summed E-state index contributed by atoms with van der Waals surface area (Å²) in [5, 5.41) is 10.5. The van der Waals surface area contributed by atoms with Crippen molar-refractivity contribution in [1.82, 2.24) is 20.9 Å². The van der Waals surface area contributed by atoms with Crippen molar-refractivity contribution in [1.29, 1.82) is 0 Å². The minimum absolute atomic E-state index is 0.0912. The highest BCUT2D eigenvalue weighted by molar-refractivity contribution is 9.10. The summed E-state index contributed by atoms with van der Waals surface area (Å²) in [6.07, 6.45) is 3.84. The number of benzene rings is 1. The Morgan fingerprint density at radius 2 is 2.00 bits per heavy atom. The Labute approximate surface area is 166 Å². The molecule has 0 aliphatic heterocycles. The first-order valence-electron chi connectivity index (χ1n) is 8.54. The summed E-state index contributed by atoms with van der Waals surface area (Å²) in [5.74, 6) is 0.625. The SMILES string of the molecule is CCc1cnc(CCNC(=NC)NCCNC(=O)c2cccc(Br)c2)s1. The topological polar surface area (TPSA) is 78.4 Å². The normalized spacial score (nSPS) is 11.3. The third kappa shape index (κ3) is 6.76. The fraction of sp³-hybridized carbons (Fsp3) is 0.389. The van der Waals surface area contributed by atoms with Gasteiger partial charge in [-0.2, -0.15) is 0 Å². The van der Waals surface area contributed by atoms with Gasteiger partial charge in [-0.05, 0) is 24.6 Å². The molecule has 0 aliphatic rings. The third-order valence-electron chi connectivity index (χ3n) is 3.59. The molecular weight excluding hydrogens is 414 g/mol. The number of amides is 1. The molecule has 26 heavy (non-hydrogen) atoms. The molecule has 0 saturated carbocycles. The first-order chi connectivity index (χ1) is 12.6. The summed E-state index contributed by atoms with van der Waals surface area (Å²) in [5.41, 5.74) is 0.636. The van der Waals surface area contributed by atoms with Crippen LogP contribution in [-0.4, -0.2) is 43.5 Å². The largest absolute Gasteiger partial charge is 0.356 e. The Hall–Kier alpha value is -1.93. The average molecular weight is 438 g/mol. The Morgan fingerprint density at radius 3 is 2.69 bits per heavy atom. The van der Waals surface area contributed by atoms with Gasteiger partial charge < -0.3 is 16.0 Å². The highest BCUT2D eigenvalue weighted by Crippen LogP contribution is 2.13. The highest BCUT2D eigenvalue weighted by atomic mass is 79.9. The van der Waals surface area contributed by atoms with E-state index < -0.39 is 0 Å². The summed E-state index contributed by atoms with van der Waals surface area (Å²) in [4.78, 5) is 22.0. The van der Waals surface area contributed by atoms with E-state index in [-0.39, 0.29) is 5.91 Å². The summed E-state index contributed by atoms with van der Waals surface area (Å²) < 4.78 is 0.888. The monoisotopic (exact) mass is 437 g/mol. The summed E-state index contributed by atoms with van der Waals surface area (Å²) in [6.45, 7) is 4.01. The van der Waals surface area contributed by atoms with Crippen LogP contribution in [0.4, 0.5) is 0 Å².